The van der Waals surface area contributed by atoms with Gasteiger partial charge in [0.15, 0.2) is 0 Å². The number of anilines is 1. The quantitative estimate of drug-likeness (QED) is 0.831. The van der Waals surface area contributed by atoms with Gasteiger partial charge in [0.1, 0.15) is 5.82 Å². The second-order valence-electron chi connectivity index (χ2n) is 6.83. The van der Waals surface area contributed by atoms with Crippen LogP contribution in [0.4, 0.5) is 5.82 Å². The van der Waals surface area contributed by atoms with Gasteiger partial charge in [0, 0.05) is 42.4 Å². The number of hydrogen-bond acceptors (Lipinski definition) is 7. The fraction of sp³-hybridized carbons (Fsp3) is 0.611. The van der Waals surface area contributed by atoms with E-state index in [1.807, 2.05) is 24.0 Å². The minimum absolute atomic E-state index is 0.591. The zero-order chi connectivity index (χ0) is 17.1. The summed E-state index contributed by atoms with van der Waals surface area (Å²) in [6.45, 7) is 6.27. The van der Waals surface area contributed by atoms with Crippen molar-refractivity contribution in [3.8, 4) is 11.4 Å². The van der Waals surface area contributed by atoms with Crippen LogP contribution in [0.3, 0.4) is 0 Å². The topological polar surface area (TPSA) is 58.3 Å². The molecule has 0 aromatic carbocycles. The van der Waals surface area contributed by atoms with Crippen LogP contribution >= 0.6 is 11.8 Å². The van der Waals surface area contributed by atoms with Crippen molar-refractivity contribution < 1.29 is 4.52 Å². The summed E-state index contributed by atoms with van der Waals surface area (Å²) in [5, 5.41) is 4.15. The molecule has 0 radical (unpaired) electrons. The highest BCUT2D eigenvalue weighted by Gasteiger charge is 2.21. The van der Waals surface area contributed by atoms with Gasteiger partial charge in [-0.25, -0.2) is 4.98 Å². The molecule has 2 fully saturated rings. The van der Waals surface area contributed by atoms with Gasteiger partial charge >= 0.3 is 0 Å². The lowest BCUT2D eigenvalue weighted by atomic mass is 10.0. The van der Waals surface area contributed by atoms with Crippen LogP contribution in [0, 0.1) is 0 Å². The first-order valence-electron chi connectivity index (χ1n) is 9.15. The van der Waals surface area contributed by atoms with E-state index in [-0.39, 0.29) is 0 Å². The molecule has 2 aromatic rings. The highest BCUT2D eigenvalue weighted by Crippen LogP contribution is 2.22. The van der Waals surface area contributed by atoms with Gasteiger partial charge in [-0.2, -0.15) is 16.7 Å². The van der Waals surface area contributed by atoms with E-state index in [1.165, 1.54) is 30.8 Å². The summed E-state index contributed by atoms with van der Waals surface area (Å²) in [5.41, 5.74) is 0.914. The van der Waals surface area contributed by atoms with Crippen molar-refractivity contribution in [3.05, 3.63) is 24.2 Å². The van der Waals surface area contributed by atoms with Crippen molar-refractivity contribution in [1.82, 2.24) is 20.0 Å². The normalized spacial score (nSPS) is 22.3. The maximum absolute atomic E-state index is 5.47. The fourth-order valence-electron chi connectivity index (χ4n) is 3.50. The second-order valence-corrected chi connectivity index (χ2v) is 8.06. The van der Waals surface area contributed by atoms with E-state index >= 15 is 0 Å². The van der Waals surface area contributed by atoms with Crippen LogP contribution in [0.15, 0.2) is 22.9 Å². The van der Waals surface area contributed by atoms with Crippen molar-refractivity contribution in [2.75, 3.05) is 36.0 Å². The number of pyridine rings is 1. The first kappa shape index (κ1) is 16.8. The minimum atomic E-state index is 0.591. The Balaban J connectivity index is 1.42. The Bertz CT molecular complexity index is 683. The molecule has 0 N–H and O–H groups in total. The fourth-order valence-corrected chi connectivity index (χ4v) is 4.40. The van der Waals surface area contributed by atoms with Crippen molar-refractivity contribution in [2.24, 2.45) is 0 Å². The summed E-state index contributed by atoms with van der Waals surface area (Å²) in [6.07, 6.45) is 5.68. The first-order valence-corrected chi connectivity index (χ1v) is 10.3. The minimum Gasteiger partial charge on any atom is -0.355 e. The Labute approximate surface area is 153 Å². The van der Waals surface area contributed by atoms with Crippen LogP contribution in [0.2, 0.25) is 0 Å². The number of piperidine rings is 1. The van der Waals surface area contributed by atoms with Gasteiger partial charge in [-0.15, -0.1) is 0 Å². The molecule has 4 rings (SSSR count). The molecule has 0 amide bonds. The van der Waals surface area contributed by atoms with E-state index < -0.39 is 0 Å². The SMILES string of the molecule is C[C@H]1CCCCN1Cc1nc(-c2ccc(N3CCSCC3)nc2)no1. The molecule has 0 bridgehead atoms. The maximum Gasteiger partial charge on any atom is 0.241 e. The zero-order valence-corrected chi connectivity index (χ0v) is 15.5. The Morgan fingerprint density at radius 3 is 2.84 bits per heavy atom. The molecule has 25 heavy (non-hydrogen) atoms. The molecule has 1 atom stereocenters. The number of nitrogens with zero attached hydrogens (tertiary/aromatic N) is 5. The molecular weight excluding hydrogens is 334 g/mol. The van der Waals surface area contributed by atoms with Crippen LogP contribution in [0.25, 0.3) is 11.4 Å². The monoisotopic (exact) mass is 359 g/mol. The molecule has 0 aliphatic carbocycles. The molecule has 2 saturated heterocycles. The Hall–Kier alpha value is -1.60. The molecule has 2 aliphatic rings. The molecule has 134 valence electrons. The van der Waals surface area contributed by atoms with Crippen molar-refractivity contribution >= 4 is 17.6 Å². The molecule has 0 spiro atoms. The largest absolute Gasteiger partial charge is 0.355 e. The molecule has 2 aromatic heterocycles. The molecule has 0 saturated carbocycles. The van der Waals surface area contributed by atoms with Crippen LogP contribution in [-0.4, -0.2) is 57.2 Å². The van der Waals surface area contributed by atoms with Gasteiger partial charge in [0.2, 0.25) is 11.7 Å². The van der Waals surface area contributed by atoms with Crippen LogP contribution in [0.5, 0.6) is 0 Å². The highest BCUT2D eigenvalue weighted by atomic mass is 32.2. The van der Waals surface area contributed by atoms with E-state index in [4.69, 9.17) is 4.52 Å². The Kier molecular flexibility index (Phi) is 5.22. The molecular formula is C18H25N5OS. The summed E-state index contributed by atoms with van der Waals surface area (Å²) in [6, 6.07) is 4.70. The molecule has 4 heterocycles. The van der Waals surface area contributed by atoms with Crippen molar-refractivity contribution in [1.29, 1.82) is 0 Å². The van der Waals surface area contributed by atoms with E-state index in [0.29, 0.717) is 17.8 Å². The molecule has 7 heteroatoms. The molecule has 2 aliphatic heterocycles. The Morgan fingerprint density at radius 2 is 2.08 bits per heavy atom. The molecule has 6 nitrogen and oxygen atoms in total. The number of likely N-dealkylation sites (tertiary alicyclic amines) is 1. The second kappa shape index (κ2) is 7.74. The number of aromatic nitrogens is 3. The molecule has 0 unspecified atom stereocenters. The number of hydrogen-bond donors (Lipinski definition) is 0. The summed E-state index contributed by atoms with van der Waals surface area (Å²) in [4.78, 5) is 13.9. The lowest BCUT2D eigenvalue weighted by molar-refractivity contribution is 0.135. The average molecular weight is 359 g/mol. The smallest absolute Gasteiger partial charge is 0.241 e. The van der Waals surface area contributed by atoms with Crippen molar-refractivity contribution in [2.45, 2.75) is 38.8 Å². The zero-order valence-electron chi connectivity index (χ0n) is 14.7. The predicted molar refractivity (Wildman–Crippen MR) is 101 cm³/mol. The van der Waals surface area contributed by atoms with Gasteiger partial charge in [-0.05, 0) is 38.4 Å². The highest BCUT2D eigenvalue weighted by molar-refractivity contribution is 7.99. The van der Waals surface area contributed by atoms with E-state index in [9.17, 15) is 0 Å². The van der Waals surface area contributed by atoms with Crippen LogP contribution in [0.1, 0.15) is 32.1 Å². The summed E-state index contributed by atoms with van der Waals surface area (Å²) in [7, 11) is 0. The average Bonchev–Trinajstić information content (AvgIpc) is 3.13. The Morgan fingerprint density at radius 1 is 1.20 bits per heavy atom. The first-order chi connectivity index (χ1) is 12.3. The van der Waals surface area contributed by atoms with Gasteiger partial charge in [0.25, 0.3) is 0 Å². The summed E-state index contributed by atoms with van der Waals surface area (Å²) < 4.78 is 5.47. The number of thioether (sulfide) groups is 1. The van der Waals surface area contributed by atoms with Gasteiger partial charge < -0.3 is 9.42 Å². The van der Waals surface area contributed by atoms with Gasteiger partial charge in [0.05, 0.1) is 6.54 Å². The number of rotatable bonds is 4. The third-order valence-electron chi connectivity index (χ3n) is 5.09. The van der Waals surface area contributed by atoms with Crippen LogP contribution in [-0.2, 0) is 6.54 Å². The summed E-state index contributed by atoms with van der Waals surface area (Å²) >= 11 is 2.00. The van der Waals surface area contributed by atoms with Crippen molar-refractivity contribution in [3.63, 3.8) is 0 Å². The predicted octanol–water partition coefficient (Wildman–Crippen LogP) is 3.06. The van der Waals surface area contributed by atoms with E-state index in [2.05, 4.69) is 37.9 Å². The maximum atomic E-state index is 5.47. The third kappa shape index (κ3) is 3.98. The third-order valence-corrected chi connectivity index (χ3v) is 6.03. The summed E-state index contributed by atoms with van der Waals surface area (Å²) in [5.74, 6) is 4.71. The standard InChI is InChI=1S/C18H25N5OS/c1-14-4-2-3-7-23(14)13-17-20-18(21-24-17)15-5-6-16(19-12-15)22-8-10-25-11-9-22/h5-6,12,14H,2-4,7-11,13H2,1H3/t14-/m0/s1. The van der Waals surface area contributed by atoms with Crippen LogP contribution < -0.4 is 4.90 Å². The van der Waals surface area contributed by atoms with E-state index in [1.54, 1.807) is 0 Å². The lowest BCUT2D eigenvalue weighted by Gasteiger charge is -2.31. The van der Waals surface area contributed by atoms with Gasteiger partial charge in [-0.3, -0.25) is 4.90 Å². The van der Waals surface area contributed by atoms with E-state index in [0.717, 1.165) is 37.6 Å². The lowest BCUT2D eigenvalue weighted by Crippen LogP contribution is -2.36. The van der Waals surface area contributed by atoms with Gasteiger partial charge in [-0.1, -0.05) is 11.6 Å².